The minimum atomic E-state index is -0.0355. The molecule has 1 aliphatic rings. The number of benzene rings is 2. The lowest BCUT2D eigenvalue weighted by Crippen LogP contribution is -2.35. The van der Waals surface area contributed by atoms with Gasteiger partial charge in [0.25, 0.3) is 5.56 Å². The first-order valence-corrected chi connectivity index (χ1v) is 9.82. The van der Waals surface area contributed by atoms with Crippen molar-refractivity contribution in [1.29, 1.82) is 0 Å². The molecule has 6 nitrogen and oxygen atoms in total. The van der Waals surface area contributed by atoms with Crippen LogP contribution in [0.3, 0.4) is 0 Å². The van der Waals surface area contributed by atoms with Gasteiger partial charge in [0.1, 0.15) is 5.82 Å². The third-order valence-electron chi connectivity index (χ3n) is 5.71. The van der Waals surface area contributed by atoms with E-state index in [0.717, 1.165) is 29.9 Å². The standard InChI is InChI=1S/C23H23N5O/c1-27-12-16(18-4-2-3-5-21(18)27)13-28-11-10-19-20(14-28)25-22(26-23(19)29)15-6-8-17(24)9-7-15/h2-9,12H,10-11,13-14,24H2,1H3,(H,25,26,29). The summed E-state index contributed by atoms with van der Waals surface area (Å²) in [4.78, 5) is 22.7. The molecule has 146 valence electrons. The van der Waals surface area contributed by atoms with Crippen molar-refractivity contribution in [2.45, 2.75) is 19.5 Å². The van der Waals surface area contributed by atoms with Crippen LogP contribution in [0.2, 0.25) is 0 Å². The zero-order valence-corrected chi connectivity index (χ0v) is 16.4. The fraction of sp³-hybridized carbons (Fsp3) is 0.217. The van der Waals surface area contributed by atoms with Crippen LogP contribution in [0.25, 0.3) is 22.3 Å². The first-order valence-electron chi connectivity index (χ1n) is 9.82. The summed E-state index contributed by atoms with van der Waals surface area (Å²) in [5.74, 6) is 0.598. The Hall–Kier alpha value is -3.38. The number of hydrogen-bond donors (Lipinski definition) is 2. The number of hydrogen-bond acceptors (Lipinski definition) is 4. The van der Waals surface area contributed by atoms with Crippen LogP contribution in [-0.2, 0) is 26.6 Å². The van der Waals surface area contributed by atoms with Crippen LogP contribution < -0.4 is 11.3 Å². The molecule has 0 atom stereocenters. The van der Waals surface area contributed by atoms with Gasteiger partial charge in [-0.3, -0.25) is 9.69 Å². The summed E-state index contributed by atoms with van der Waals surface area (Å²) in [6, 6.07) is 15.9. The number of nitrogens with two attached hydrogens (primary N) is 1. The van der Waals surface area contributed by atoms with Crippen LogP contribution in [0, 0.1) is 0 Å². The van der Waals surface area contributed by atoms with Crippen molar-refractivity contribution in [3.8, 4) is 11.4 Å². The van der Waals surface area contributed by atoms with Crippen molar-refractivity contribution in [3.05, 3.63) is 81.9 Å². The lowest BCUT2D eigenvalue weighted by atomic mass is 10.0. The Bertz CT molecular complexity index is 1250. The lowest BCUT2D eigenvalue weighted by molar-refractivity contribution is 0.241. The predicted molar refractivity (Wildman–Crippen MR) is 115 cm³/mol. The second-order valence-electron chi connectivity index (χ2n) is 7.70. The van der Waals surface area contributed by atoms with E-state index in [9.17, 15) is 4.79 Å². The first-order chi connectivity index (χ1) is 14.1. The molecule has 0 aliphatic carbocycles. The highest BCUT2D eigenvalue weighted by Gasteiger charge is 2.22. The number of H-pyrrole nitrogens is 1. The Labute approximate surface area is 168 Å². The molecule has 2 aromatic carbocycles. The lowest BCUT2D eigenvalue weighted by Gasteiger charge is -2.27. The van der Waals surface area contributed by atoms with Gasteiger partial charge >= 0.3 is 0 Å². The van der Waals surface area contributed by atoms with Crippen molar-refractivity contribution in [1.82, 2.24) is 19.4 Å². The van der Waals surface area contributed by atoms with Gasteiger partial charge < -0.3 is 15.3 Å². The molecule has 0 amide bonds. The highest BCUT2D eigenvalue weighted by atomic mass is 16.1. The van der Waals surface area contributed by atoms with Crippen LogP contribution in [0.15, 0.2) is 59.5 Å². The van der Waals surface area contributed by atoms with Gasteiger partial charge in [0, 0.05) is 60.6 Å². The molecule has 6 heteroatoms. The van der Waals surface area contributed by atoms with E-state index < -0.39 is 0 Å². The largest absolute Gasteiger partial charge is 0.399 e. The predicted octanol–water partition coefficient (Wildman–Crippen LogP) is 3.07. The Kier molecular flexibility index (Phi) is 4.21. The van der Waals surface area contributed by atoms with Gasteiger partial charge in [0.15, 0.2) is 0 Å². The number of nitrogens with zero attached hydrogens (tertiary/aromatic N) is 3. The van der Waals surface area contributed by atoms with E-state index in [2.05, 4.69) is 52.0 Å². The van der Waals surface area contributed by atoms with E-state index in [-0.39, 0.29) is 5.56 Å². The van der Waals surface area contributed by atoms with Crippen LogP contribution in [0.1, 0.15) is 16.8 Å². The van der Waals surface area contributed by atoms with Gasteiger partial charge in [0.2, 0.25) is 0 Å². The second kappa shape index (κ2) is 6.90. The minimum Gasteiger partial charge on any atom is -0.399 e. The zero-order chi connectivity index (χ0) is 20.0. The molecule has 29 heavy (non-hydrogen) atoms. The monoisotopic (exact) mass is 385 g/mol. The quantitative estimate of drug-likeness (QED) is 0.531. The van der Waals surface area contributed by atoms with Crippen LogP contribution >= 0.6 is 0 Å². The summed E-state index contributed by atoms with van der Waals surface area (Å²) in [7, 11) is 2.08. The van der Waals surface area contributed by atoms with E-state index in [4.69, 9.17) is 10.7 Å². The number of fused-ring (bicyclic) bond motifs is 2. The Morgan fingerprint density at radius 2 is 1.93 bits per heavy atom. The molecule has 0 spiro atoms. The number of aromatic amines is 1. The molecule has 1 aliphatic heterocycles. The number of para-hydroxylation sites is 1. The normalized spacial score (nSPS) is 14.2. The number of aromatic nitrogens is 3. The molecule has 0 saturated carbocycles. The number of nitrogen functional groups attached to an aromatic ring is 1. The minimum absolute atomic E-state index is 0.0355. The van der Waals surface area contributed by atoms with Crippen molar-refractivity contribution in [3.63, 3.8) is 0 Å². The van der Waals surface area contributed by atoms with Crippen LogP contribution in [0.4, 0.5) is 5.69 Å². The van der Waals surface area contributed by atoms with Gasteiger partial charge in [-0.2, -0.15) is 0 Å². The summed E-state index contributed by atoms with van der Waals surface area (Å²) in [5.41, 5.74) is 11.5. The van der Waals surface area contributed by atoms with Gasteiger partial charge in [0.05, 0.1) is 5.69 Å². The van der Waals surface area contributed by atoms with Gasteiger partial charge in [-0.1, -0.05) is 18.2 Å². The average molecular weight is 385 g/mol. The highest BCUT2D eigenvalue weighted by molar-refractivity contribution is 5.83. The topological polar surface area (TPSA) is 79.9 Å². The number of rotatable bonds is 3. The van der Waals surface area contributed by atoms with E-state index in [1.165, 1.54) is 16.5 Å². The highest BCUT2D eigenvalue weighted by Crippen LogP contribution is 2.25. The molecule has 2 aromatic heterocycles. The van der Waals surface area contributed by atoms with Crippen molar-refractivity contribution < 1.29 is 0 Å². The number of aryl methyl sites for hydroxylation is 1. The maximum Gasteiger partial charge on any atom is 0.254 e. The molecule has 4 aromatic rings. The zero-order valence-electron chi connectivity index (χ0n) is 16.4. The Morgan fingerprint density at radius 1 is 1.14 bits per heavy atom. The van der Waals surface area contributed by atoms with Gasteiger partial charge in [-0.15, -0.1) is 0 Å². The smallest absolute Gasteiger partial charge is 0.254 e. The summed E-state index contributed by atoms with van der Waals surface area (Å²) < 4.78 is 2.17. The third kappa shape index (κ3) is 3.21. The van der Waals surface area contributed by atoms with Crippen molar-refractivity contribution in [2.24, 2.45) is 7.05 Å². The summed E-state index contributed by atoms with van der Waals surface area (Å²) in [5, 5.41) is 1.28. The molecule has 3 N–H and O–H groups in total. The van der Waals surface area contributed by atoms with Gasteiger partial charge in [-0.25, -0.2) is 4.98 Å². The summed E-state index contributed by atoms with van der Waals surface area (Å²) in [6.07, 6.45) is 2.91. The molecule has 0 bridgehead atoms. The fourth-order valence-electron chi connectivity index (χ4n) is 4.20. The number of nitrogens with one attached hydrogen (secondary N) is 1. The molecular weight excluding hydrogens is 362 g/mol. The van der Waals surface area contributed by atoms with Crippen molar-refractivity contribution in [2.75, 3.05) is 12.3 Å². The molecule has 0 saturated heterocycles. The first kappa shape index (κ1) is 17.7. The molecule has 0 unspecified atom stereocenters. The second-order valence-corrected chi connectivity index (χ2v) is 7.70. The van der Waals surface area contributed by atoms with E-state index >= 15 is 0 Å². The maximum absolute atomic E-state index is 12.6. The van der Waals surface area contributed by atoms with Crippen molar-refractivity contribution >= 4 is 16.6 Å². The Balaban J connectivity index is 1.45. The molecule has 3 heterocycles. The maximum atomic E-state index is 12.6. The van der Waals surface area contributed by atoms with Crippen LogP contribution in [0.5, 0.6) is 0 Å². The molecule has 5 rings (SSSR count). The summed E-state index contributed by atoms with van der Waals surface area (Å²) in [6.45, 7) is 2.36. The number of anilines is 1. The SMILES string of the molecule is Cn1cc(CN2CCc3c(nc(-c4ccc(N)cc4)[nH]c3=O)C2)c2ccccc21. The Morgan fingerprint density at radius 3 is 2.76 bits per heavy atom. The van der Waals surface area contributed by atoms with E-state index in [1.54, 1.807) is 0 Å². The molecule has 0 fully saturated rings. The fourth-order valence-corrected chi connectivity index (χ4v) is 4.20. The van der Waals surface area contributed by atoms with E-state index in [1.807, 2.05) is 24.3 Å². The average Bonchev–Trinajstić information content (AvgIpc) is 3.04. The molecular formula is C23H23N5O. The third-order valence-corrected chi connectivity index (χ3v) is 5.71. The summed E-state index contributed by atoms with van der Waals surface area (Å²) >= 11 is 0. The van der Waals surface area contributed by atoms with E-state index in [0.29, 0.717) is 24.5 Å². The molecule has 0 radical (unpaired) electrons. The van der Waals surface area contributed by atoms with Crippen LogP contribution in [-0.4, -0.2) is 26.0 Å². The van der Waals surface area contributed by atoms with Gasteiger partial charge in [-0.05, 0) is 42.3 Å².